The average molecular weight is 280 g/mol. The van der Waals surface area contributed by atoms with Crippen molar-refractivity contribution >= 4 is 6.47 Å². The molecule has 1 aromatic carbocycles. The average Bonchev–Trinajstić information content (AvgIpc) is 3.07. The highest BCUT2D eigenvalue weighted by Gasteiger charge is 2.39. The van der Waals surface area contributed by atoms with E-state index in [-0.39, 0.29) is 11.0 Å². The number of ether oxygens (including phenoxy) is 2. The van der Waals surface area contributed by atoms with Crippen molar-refractivity contribution in [3.8, 4) is 11.5 Å². The smallest absolute Gasteiger partial charge is 0.293 e. The number of benzene rings is 1. The summed E-state index contributed by atoms with van der Waals surface area (Å²) >= 11 is 0. The van der Waals surface area contributed by atoms with E-state index >= 15 is 0 Å². The van der Waals surface area contributed by atoms with Crippen molar-refractivity contribution < 1.29 is 19.4 Å². The molecule has 0 aliphatic heterocycles. The number of carbonyl (C=O) groups excluding carboxylic acids is 1. The van der Waals surface area contributed by atoms with Gasteiger partial charge in [0.05, 0.1) is 7.11 Å². The third-order valence-electron chi connectivity index (χ3n) is 3.30. The van der Waals surface area contributed by atoms with Gasteiger partial charge in [0.25, 0.3) is 6.47 Å². The van der Waals surface area contributed by atoms with Gasteiger partial charge in [-0.2, -0.15) is 0 Å². The number of rotatable bonds is 3. The summed E-state index contributed by atoms with van der Waals surface area (Å²) in [6.07, 6.45) is 2.07. The number of phenols is 1. The molecule has 1 fully saturated rings. The topological polar surface area (TPSA) is 55.8 Å². The van der Waals surface area contributed by atoms with E-state index in [1.54, 1.807) is 19.2 Å². The van der Waals surface area contributed by atoms with Crippen molar-refractivity contribution in [3.05, 3.63) is 23.8 Å². The second-order valence-electron chi connectivity index (χ2n) is 6.30. The largest absolute Gasteiger partial charge is 0.508 e. The minimum Gasteiger partial charge on any atom is -0.508 e. The molecule has 2 rings (SSSR count). The van der Waals surface area contributed by atoms with Gasteiger partial charge in [0.1, 0.15) is 17.1 Å². The maximum Gasteiger partial charge on any atom is 0.293 e. The first-order valence-corrected chi connectivity index (χ1v) is 6.71. The summed E-state index contributed by atoms with van der Waals surface area (Å²) in [5.74, 6) is 1.11. The predicted molar refractivity (Wildman–Crippen MR) is 78.1 cm³/mol. The predicted octanol–water partition coefficient (Wildman–Crippen LogP) is 3.41. The maximum atomic E-state index is 9.64. The summed E-state index contributed by atoms with van der Waals surface area (Å²) in [6.45, 7) is 8.62. The van der Waals surface area contributed by atoms with Gasteiger partial charge in [-0.05, 0) is 43.4 Å². The molecule has 0 radical (unpaired) electrons. The summed E-state index contributed by atoms with van der Waals surface area (Å²) in [4.78, 5) is 9.64. The first-order valence-electron chi connectivity index (χ1n) is 6.71. The number of hydrogen-bond donors (Lipinski definition) is 1. The van der Waals surface area contributed by atoms with Crippen LogP contribution in [0.15, 0.2) is 18.2 Å². The Morgan fingerprint density at radius 2 is 1.90 bits per heavy atom. The lowest BCUT2D eigenvalue weighted by Crippen LogP contribution is -2.11. The van der Waals surface area contributed by atoms with Gasteiger partial charge in [-0.3, -0.25) is 4.79 Å². The van der Waals surface area contributed by atoms with Crippen LogP contribution < -0.4 is 4.74 Å². The lowest BCUT2D eigenvalue weighted by atomic mass is 9.86. The SMILES string of the molecule is CC1(OC=O)CC1.COc1ccc(O)c(C(C)(C)C)c1. The van der Waals surface area contributed by atoms with E-state index in [1.165, 1.54) is 0 Å². The van der Waals surface area contributed by atoms with Crippen molar-refractivity contribution in [1.82, 2.24) is 0 Å². The molecule has 20 heavy (non-hydrogen) atoms. The Morgan fingerprint density at radius 1 is 1.30 bits per heavy atom. The lowest BCUT2D eigenvalue weighted by molar-refractivity contribution is -0.134. The molecule has 0 unspecified atom stereocenters. The Bertz CT molecular complexity index is 456. The third-order valence-corrected chi connectivity index (χ3v) is 3.30. The Hall–Kier alpha value is -1.71. The summed E-state index contributed by atoms with van der Waals surface area (Å²) in [6, 6.07) is 5.29. The number of phenolic OH excluding ortho intramolecular Hbond substituents is 1. The van der Waals surface area contributed by atoms with Crippen LogP contribution >= 0.6 is 0 Å². The molecule has 1 aliphatic carbocycles. The third kappa shape index (κ3) is 4.76. The molecule has 112 valence electrons. The fourth-order valence-corrected chi connectivity index (χ4v) is 1.65. The lowest BCUT2D eigenvalue weighted by Gasteiger charge is -2.20. The molecule has 0 saturated heterocycles. The molecule has 1 N–H and O–H groups in total. The zero-order chi connectivity index (χ0) is 15.4. The highest BCUT2D eigenvalue weighted by Crippen LogP contribution is 2.37. The molecule has 0 aromatic heterocycles. The van der Waals surface area contributed by atoms with Crippen LogP contribution in [0.4, 0.5) is 0 Å². The van der Waals surface area contributed by atoms with E-state index in [2.05, 4.69) is 25.5 Å². The summed E-state index contributed by atoms with van der Waals surface area (Å²) in [5.41, 5.74) is 0.784. The zero-order valence-corrected chi connectivity index (χ0v) is 12.9. The van der Waals surface area contributed by atoms with Gasteiger partial charge in [0, 0.05) is 5.56 Å². The van der Waals surface area contributed by atoms with Crippen molar-refractivity contribution in [3.63, 3.8) is 0 Å². The van der Waals surface area contributed by atoms with Gasteiger partial charge in [0.2, 0.25) is 0 Å². The molecule has 4 nitrogen and oxygen atoms in total. The minimum atomic E-state index is -0.0677. The Morgan fingerprint density at radius 3 is 2.25 bits per heavy atom. The number of aromatic hydroxyl groups is 1. The van der Waals surface area contributed by atoms with Crippen LogP contribution in [0.25, 0.3) is 0 Å². The molecule has 0 bridgehead atoms. The van der Waals surface area contributed by atoms with E-state index in [9.17, 15) is 9.90 Å². The quantitative estimate of drug-likeness (QED) is 0.862. The first kappa shape index (κ1) is 16.3. The maximum absolute atomic E-state index is 9.64. The first-order chi connectivity index (χ1) is 9.22. The second kappa shape index (κ2) is 6.16. The molecule has 0 spiro atoms. The molecular formula is C16H24O4. The normalized spacial score (nSPS) is 15.7. The molecule has 1 aromatic rings. The van der Waals surface area contributed by atoms with Crippen LogP contribution in [-0.4, -0.2) is 24.3 Å². The monoisotopic (exact) mass is 280 g/mol. The minimum absolute atomic E-state index is 0.0569. The van der Waals surface area contributed by atoms with Gasteiger partial charge in [-0.25, -0.2) is 0 Å². The van der Waals surface area contributed by atoms with E-state index in [4.69, 9.17) is 4.74 Å². The molecule has 0 heterocycles. The van der Waals surface area contributed by atoms with Crippen molar-refractivity contribution in [2.24, 2.45) is 0 Å². The van der Waals surface area contributed by atoms with Crippen LogP contribution in [0.1, 0.15) is 46.1 Å². The van der Waals surface area contributed by atoms with Crippen molar-refractivity contribution in [1.29, 1.82) is 0 Å². The van der Waals surface area contributed by atoms with E-state index in [0.29, 0.717) is 12.2 Å². The highest BCUT2D eigenvalue weighted by molar-refractivity contribution is 5.43. The van der Waals surface area contributed by atoms with Gasteiger partial charge in [-0.1, -0.05) is 20.8 Å². The van der Waals surface area contributed by atoms with Crippen LogP contribution in [0.5, 0.6) is 11.5 Å². The molecule has 1 aliphatic rings. The summed E-state index contributed by atoms with van der Waals surface area (Å²) in [7, 11) is 1.62. The molecule has 1 saturated carbocycles. The van der Waals surface area contributed by atoms with Crippen LogP contribution in [0.2, 0.25) is 0 Å². The van der Waals surface area contributed by atoms with Crippen LogP contribution in [0, 0.1) is 0 Å². The van der Waals surface area contributed by atoms with Gasteiger partial charge in [-0.15, -0.1) is 0 Å². The van der Waals surface area contributed by atoms with Crippen molar-refractivity contribution in [2.45, 2.75) is 51.6 Å². The summed E-state index contributed by atoms with van der Waals surface area (Å²) in [5, 5.41) is 9.61. The van der Waals surface area contributed by atoms with Crippen molar-refractivity contribution in [2.75, 3.05) is 7.11 Å². The number of hydrogen-bond acceptors (Lipinski definition) is 4. The van der Waals surface area contributed by atoms with E-state index < -0.39 is 0 Å². The fourth-order valence-electron chi connectivity index (χ4n) is 1.65. The molecule has 4 heteroatoms. The fraction of sp³-hybridized carbons (Fsp3) is 0.562. The number of carbonyl (C=O) groups is 1. The van der Waals surface area contributed by atoms with Crippen LogP contribution in [0.3, 0.4) is 0 Å². The summed E-state index contributed by atoms with van der Waals surface area (Å²) < 4.78 is 9.75. The molecular weight excluding hydrogens is 256 g/mol. The van der Waals surface area contributed by atoms with Gasteiger partial charge < -0.3 is 14.6 Å². The van der Waals surface area contributed by atoms with Gasteiger partial charge >= 0.3 is 0 Å². The Labute approximate surface area is 120 Å². The molecule has 0 amide bonds. The number of methoxy groups -OCH3 is 1. The van der Waals surface area contributed by atoms with E-state index in [1.807, 2.05) is 13.0 Å². The van der Waals surface area contributed by atoms with E-state index in [0.717, 1.165) is 24.2 Å². The Balaban J connectivity index is 0.000000240. The molecule has 0 atom stereocenters. The Kier molecular flexibility index (Phi) is 5.03. The second-order valence-corrected chi connectivity index (χ2v) is 6.30. The van der Waals surface area contributed by atoms with Crippen LogP contribution in [-0.2, 0) is 14.9 Å². The highest BCUT2D eigenvalue weighted by atomic mass is 16.5. The standard InChI is InChI=1S/C11H16O2.C5H8O2/c1-11(2,3)9-7-8(13-4)5-6-10(9)12;1-5(2-3-5)7-4-6/h5-7,12H,1-4H3;4H,2-3H2,1H3. The van der Waals surface area contributed by atoms with Gasteiger partial charge in [0.15, 0.2) is 0 Å². The zero-order valence-electron chi connectivity index (χ0n) is 12.9.